The summed E-state index contributed by atoms with van der Waals surface area (Å²) in [5.41, 5.74) is 0. The molecule has 2 aliphatic carbocycles. The second-order valence-corrected chi connectivity index (χ2v) is 7.69. The second kappa shape index (κ2) is 5.18. The predicted molar refractivity (Wildman–Crippen MR) is 84.1 cm³/mol. The largest absolute Gasteiger partial charge is 0.336 e. The second-order valence-electron chi connectivity index (χ2n) is 7.69. The number of fused-ring (bicyclic) bond motifs is 5. The van der Waals surface area contributed by atoms with Crippen molar-refractivity contribution >= 4 is 17.7 Å². The molecule has 5 heteroatoms. The van der Waals surface area contributed by atoms with E-state index in [0.29, 0.717) is 0 Å². The van der Waals surface area contributed by atoms with Gasteiger partial charge in [-0.15, -0.1) is 0 Å². The van der Waals surface area contributed by atoms with Gasteiger partial charge >= 0.3 is 0 Å². The number of hydrogen-bond acceptors (Lipinski definition) is 3. The molecule has 0 aromatic heterocycles. The van der Waals surface area contributed by atoms with Crippen molar-refractivity contribution in [3.8, 4) is 0 Å². The van der Waals surface area contributed by atoms with E-state index in [0.717, 1.165) is 25.7 Å². The molecule has 6 unspecified atom stereocenters. The molecule has 2 heterocycles. The fourth-order valence-electron chi connectivity index (χ4n) is 5.25. The van der Waals surface area contributed by atoms with Gasteiger partial charge in [-0.3, -0.25) is 19.3 Å². The summed E-state index contributed by atoms with van der Waals surface area (Å²) in [4.78, 5) is 41.2. The molecule has 2 saturated heterocycles. The lowest BCUT2D eigenvalue weighted by molar-refractivity contribution is -0.149. The topological polar surface area (TPSA) is 57.7 Å². The zero-order chi connectivity index (χ0) is 16.3. The van der Waals surface area contributed by atoms with Gasteiger partial charge in [0.2, 0.25) is 17.7 Å². The molecule has 4 rings (SSSR count). The van der Waals surface area contributed by atoms with Crippen molar-refractivity contribution in [1.29, 1.82) is 0 Å². The van der Waals surface area contributed by atoms with Crippen LogP contribution in [-0.4, -0.2) is 46.1 Å². The van der Waals surface area contributed by atoms with Crippen LogP contribution in [0.5, 0.6) is 0 Å². The molecule has 124 valence electrons. The number of hydrogen-bond donors (Lipinski definition) is 0. The summed E-state index contributed by atoms with van der Waals surface area (Å²) in [6.45, 7) is 4.04. The maximum atomic E-state index is 12.7. The highest BCUT2D eigenvalue weighted by Gasteiger charge is 2.59. The third-order valence-corrected chi connectivity index (χ3v) is 6.34. The van der Waals surface area contributed by atoms with Crippen molar-refractivity contribution in [1.82, 2.24) is 9.80 Å². The highest BCUT2D eigenvalue weighted by atomic mass is 16.2. The van der Waals surface area contributed by atoms with Crippen molar-refractivity contribution in [2.45, 2.75) is 51.6 Å². The standard InChI is InChI=1S/C18H24N2O3/c1-10-4-3-5-11(2)20(10)14(21)9-19-17(22)15-12-6-7-13(8-12)16(15)18(19)23/h6-7,10-13,15-16H,3-5,8-9H2,1-2H3. The third kappa shape index (κ3) is 2.08. The normalized spacial score (nSPS) is 41.8. The number of likely N-dealkylation sites (tertiary alicyclic amines) is 2. The van der Waals surface area contributed by atoms with Gasteiger partial charge in [0.1, 0.15) is 6.54 Å². The molecular formula is C18H24N2O3. The smallest absolute Gasteiger partial charge is 0.243 e. The predicted octanol–water partition coefficient (Wildman–Crippen LogP) is 1.58. The van der Waals surface area contributed by atoms with Gasteiger partial charge in [0.05, 0.1) is 11.8 Å². The molecule has 2 bridgehead atoms. The molecule has 0 radical (unpaired) electrons. The molecule has 23 heavy (non-hydrogen) atoms. The van der Waals surface area contributed by atoms with E-state index in [9.17, 15) is 14.4 Å². The Kier molecular flexibility index (Phi) is 3.36. The van der Waals surface area contributed by atoms with E-state index in [4.69, 9.17) is 0 Å². The van der Waals surface area contributed by atoms with Gasteiger partial charge in [-0.2, -0.15) is 0 Å². The minimum Gasteiger partial charge on any atom is -0.336 e. The van der Waals surface area contributed by atoms with Gasteiger partial charge in [0, 0.05) is 12.1 Å². The first-order valence-electron chi connectivity index (χ1n) is 8.83. The number of allylic oxidation sites excluding steroid dienone is 2. The van der Waals surface area contributed by atoms with Crippen LogP contribution in [-0.2, 0) is 14.4 Å². The van der Waals surface area contributed by atoms with Crippen LogP contribution >= 0.6 is 0 Å². The lowest BCUT2D eigenvalue weighted by Crippen LogP contribution is -2.52. The molecule has 4 aliphatic rings. The van der Waals surface area contributed by atoms with Crippen molar-refractivity contribution in [2.24, 2.45) is 23.7 Å². The number of amides is 3. The highest BCUT2D eigenvalue weighted by molar-refractivity contribution is 6.08. The fourth-order valence-corrected chi connectivity index (χ4v) is 5.25. The Hall–Kier alpha value is -1.65. The molecule has 3 fully saturated rings. The molecule has 0 N–H and O–H groups in total. The Morgan fingerprint density at radius 3 is 2.09 bits per heavy atom. The van der Waals surface area contributed by atoms with Crippen molar-refractivity contribution in [2.75, 3.05) is 6.54 Å². The zero-order valence-electron chi connectivity index (χ0n) is 13.8. The SMILES string of the molecule is CC1CCCC(C)N1C(=O)CN1C(=O)C2C3C=CC(C3)C2C1=O. The maximum Gasteiger partial charge on any atom is 0.243 e. The van der Waals surface area contributed by atoms with E-state index >= 15 is 0 Å². The lowest BCUT2D eigenvalue weighted by Gasteiger charge is -2.39. The molecule has 5 nitrogen and oxygen atoms in total. The molecule has 3 amide bonds. The fraction of sp³-hybridized carbons (Fsp3) is 0.722. The number of carbonyl (C=O) groups excluding carboxylic acids is 3. The van der Waals surface area contributed by atoms with Crippen LogP contribution < -0.4 is 0 Å². The first kappa shape index (κ1) is 14.9. The summed E-state index contributed by atoms with van der Waals surface area (Å²) >= 11 is 0. The first-order valence-corrected chi connectivity index (χ1v) is 8.83. The quantitative estimate of drug-likeness (QED) is 0.574. The van der Waals surface area contributed by atoms with E-state index in [-0.39, 0.29) is 60.0 Å². The van der Waals surface area contributed by atoms with E-state index in [1.165, 1.54) is 4.90 Å². The molecular weight excluding hydrogens is 292 g/mol. The molecule has 1 saturated carbocycles. The van der Waals surface area contributed by atoms with Gasteiger partial charge in [0.15, 0.2) is 0 Å². The Labute approximate surface area is 136 Å². The van der Waals surface area contributed by atoms with E-state index < -0.39 is 0 Å². The van der Waals surface area contributed by atoms with E-state index in [2.05, 4.69) is 26.0 Å². The van der Waals surface area contributed by atoms with Crippen LogP contribution in [0.3, 0.4) is 0 Å². The zero-order valence-corrected chi connectivity index (χ0v) is 13.8. The van der Waals surface area contributed by atoms with Crippen molar-refractivity contribution in [3.05, 3.63) is 12.2 Å². The molecule has 0 spiro atoms. The van der Waals surface area contributed by atoms with Gasteiger partial charge in [-0.05, 0) is 51.4 Å². The summed E-state index contributed by atoms with van der Waals surface area (Å²) in [5.74, 6) is -0.330. The van der Waals surface area contributed by atoms with Crippen molar-refractivity contribution < 1.29 is 14.4 Å². The Morgan fingerprint density at radius 1 is 1.04 bits per heavy atom. The summed E-state index contributed by atoms with van der Waals surface area (Å²) in [6.07, 6.45) is 8.21. The summed E-state index contributed by atoms with van der Waals surface area (Å²) in [7, 11) is 0. The maximum absolute atomic E-state index is 12.7. The van der Waals surface area contributed by atoms with Crippen LogP contribution in [0, 0.1) is 23.7 Å². The molecule has 6 atom stereocenters. The Morgan fingerprint density at radius 2 is 1.57 bits per heavy atom. The number of piperidine rings is 1. The minimum absolute atomic E-state index is 0.0706. The average molecular weight is 316 g/mol. The summed E-state index contributed by atoms with van der Waals surface area (Å²) in [5, 5.41) is 0. The number of nitrogens with zero attached hydrogens (tertiary/aromatic N) is 2. The van der Waals surface area contributed by atoms with Gasteiger partial charge in [0.25, 0.3) is 0 Å². The summed E-state index contributed by atoms with van der Waals surface area (Å²) in [6, 6.07) is 0.382. The third-order valence-electron chi connectivity index (χ3n) is 6.34. The number of imide groups is 1. The Bertz CT molecular complexity index is 559. The number of rotatable bonds is 2. The van der Waals surface area contributed by atoms with E-state index in [1.807, 2.05) is 4.90 Å². The van der Waals surface area contributed by atoms with Gasteiger partial charge in [-0.1, -0.05) is 12.2 Å². The summed E-state index contributed by atoms with van der Waals surface area (Å²) < 4.78 is 0. The minimum atomic E-state index is -0.207. The van der Waals surface area contributed by atoms with Crippen LogP contribution in [0.4, 0.5) is 0 Å². The van der Waals surface area contributed by atoms with Gasteiger partial charge in [-0.25, -0.2) is 0 Å². The molecule has 0 aromatic rings. The number of carbonyl (C=O) groups is 3. The average Bonchev–Trinajstić information content (AvgIpc) is 3.17. The van der Waals surface area contributed by atoms with Gasteiger partial charge < -0.3 is 4.90 Å². The Balaban J connectivity index is 1.50. The molecule has 2 aliphatic heterocycles. The first-order chi connectivity index (χ1) is 11.0. The highest BCUT2D eigenvalue weighted by Crippen LogP contribution is 2.52. The van der Waals surface area contributed by atoms with Crippen LogP contribution in [0.1, 0.15) is 39.5 Å². The van der Waals surface area contributed by atoms with E-state index in [1.54, 1.807) is 0 Å². The van der Waals surface area contributed by atoms with Crippen LogP contribution in [0.25, 0.3) is 0 Å². The van der Waals surface area contributed by atoms with Crippen LogP contribution in [0.2, 0.25) is 0 Å². The monoisotopic (exact) mass is 316 g/mol. The lowest BCUT2D eigenvalue weighted by atomic mass is 9.85. The van der Waals surface area contributed by atoms with Crippen LogP contribution in [0.15, 0.2) is 12.2 Å². The van der Waals surface area contributed by atoms with Crippen molar-refractivity contribution in [3.63, 3.8) is 0 Å². The molecule has 0 aromatic carbocycles.